The molecule has 0 saturated carbocycles. The molecule has 1 heterocycles. The molecule has 0 radical (unpaired) electrons. The number of hydrogen-bond donors (Lipinski definition) is 1. The van der Waals surface area contributed by atoms with Crippen molar-refractivity contribution in [2.75, 3.05) is 0 Å². The number of allylic oxidation sites excluding steroid dienone is 3. The number of rotatable bonds is 1. The molecule has 1 aliphatic heterocycles. The average molecular weight is 362 g/mol. The molecule has 1 aliphatic carbocycles. The van der Waals surface area contributed by atoms with Crippen LogP contribution in [-0.4, -0.2) is 5.78 Å². The van der Waals surface area contributed by atoms with E-state index in [1.165, 1.54) is 18.2 Å². The van der Waals surface area contributed by atoms with Gasteiger partial charge in [0, 0.05) is 18.4 Å². The number of carbonyl (C=O) groups excluding carboxylic acids is 1. The van der Waals surface area contributed by atoms with Crippen LogP contribution in [0.3, 0.4) is 0 Å². The van der Waals surface area contributed by atoms with Crippen LogP contribution in [0.15, 0.2) is 47.1 Å². The van der Waals surface area contributed by atoms with E-state index in [4.69, 9.17) is 10.5 Å². The van der Waals surface area contributed by atoms with E-state index in [1.807, 2.05) is 19.9 Å². The lowest BCUT2D eigenvalue weighted by Gasteiger charge is -2.37. The summed E-state index contributed by atoms with van der Waals surface area (Å²) in [7, 11) is 0. The molecule has 7 heteroatoms. The maximum absolute atomic E-state index is 13.5. The van der Waals surface area contributed by atoms with Gasteiger partial charge in [0.05, 0.1) is 11.5 Å². The number of carbonyl (C=O) groups is 1. The van der Waals surface area contributed by atoms with E-state index in [1.54, 1.807) is 0 Å². The van der Waals surface area contributed by atoms with Crippen LogP contribution in [0.4, 0.5) is 13.2 Å². The van der Waals surface area contributed by atoms with Gasteiger partial charge in [-0.1, -0.05) is 32.0 Å². The highest BCUT2D eigenvalue weighted by molar-refractivity contribution is 6.00. The smallest absolute Gasteiger partial charge is 0.416 e. The fourth-order valence-corrected chi connectivity index (χ4v) is 3.60. The topological polar surface area (TPSA) is 76.1 Å². The number of nitriles is 1. The molecule has 26 heavy (non-hydrogen) atoms. The number of hydrogen-bond acceptors (Lipinski definition) is 4. The summed E-state index contributed by atoms with van der Waals surface area (Å²) in [6.07, 6.45) is -4.10. The monoisotopic (exact) mass is 362 g/mol. The first-order chi connectivity index (χ1) is 12.0. The molecule has 0 amide bonds. The molecular weight excluding hydrogens is 345 g/mol. The standard InChI is InChI=1S/C19H17F3N2O2/c1-18(2)7-13(25)16-14(8-18)26-17(24)11(9-23)15(16)10-5-3-4-6-12(10)19(20,21)22/h3-6,15H,7-8,24H2,1-2H3/t15-/m0/s1. The van der Waals surface area contributed by atoms with Gasteiger partial charge in [-0.3, -0.25) is 4.79 Å². The summed E-state index contributed by atoms with van der Waals surface area (Å²) < 4.78 is 46.0. The third kappa shape index (κ3) is 2.96. The second-order valence-corrected chi connectivity index (χ2v) is 7.29. The Labute approximate surface area is 148 Å². The first-order valence-corrected chi connectivity index (χ1v) is 8.05. The predicted molar refractivity (Wildman–Crippen MR) is 87.1 cm³/mol. The minimum Gasteiger partial charge on any atom is -0.444 e. The Morgan fingerprint density at radius 2 is 1.92 bits per heavy atom. The Hall–Kier alpha value is -2.75. The molecular formula is C19H17F3N2O2. The summed E-state index contributed by atoms with van der Waals surface area (Å²) in [6.45, 7) is 3.74. The maximum Gasteiger partial charge on any atom is 0.416 e. The molecule has 0 spiro atoms. The second-order valence-electron chi connectivity index (χ2n) is 7.29. The van der Waals surface area contributed by atoms with Crippen molar-refractivity contribution in [3.8, 4) is 6.07 Å². The fraction of sp³-hybridized carbons (Fsp3) is 0.368. The van der Waals surface area contributed by atoms with Crippen molar-refractivity contribution in [2.24, 2.45) is 11.1 Å². The van der Waals surface area contributed by atoms with Crippen LogP contribution in [0.5, 0.6) is 0 Å². The van der Waals surface area contributed by atoms with Gasteiger partial charge < -0.3 is 10.5 Å². The largest absolute Gasteiger partial charge is 0.444 e. The van der Waals surface area contributed by atoms with Crippen molar-refractivity contribution in [2.45, 2.75) is 38.8 Å². The Morgan fingerprint density at radius 1 is 1.27 bits per heavy atom. The number of Topliss-reactive ketones (excluding diaryl/α,β-unsaturated/α-hetero) is 1. The average Bonchev–Trinajstić information content (AvgIpc) is 2.51. The highest BCUT2D eigenvalue weighted by Crippen LogP contribution is 2.49. The van der Waals surface area contributed by atoms with Crippen LogP contribution in [0, 0.1) is 16.7 Å². The van der Waals surface area contributed by atoms with Gasteiger partial charge >= 0.3 is 6.18 Å². The van der Waals surface area contributed by atoms with Gasteiger partial charge in [0.15, 0.2) is 5.78 Å². The van der Waals surface area contributed by atoms with E-state index in [0.29, 0.717) is 6.42 Å². The number of alkyl halides is 3. The molecule has 0 saturated heterocycles. The summed E-state index contributed by atoms with van der Waals surface area (Å²) in [5.41, 5.74) is 4.31. The summed E-state index contributed by atoms with van der Waals surface area (Å²) in [5, 5.41) is 9.48. The molecule has 3 rings (SSSR count). The highest BCUT2D eigenvalue weighted by atomic mass is 19.4. The number of ketones is 1. The lowest BCUT2D eigenvalue weighted by molar-refractivity contribution is -0.138. The molecule has 0 unspecified atom stereocenters. The first-order valence-electron chi connectivity index (χ1n) is 8.05. The highest BCUT2D eigenvalue weighted by Gasteiger charge is 2.45. The second kappa shape index (κ2) is 5.90. The number of halogens is 3. The molecule has 0 bridgehead atoms. The van der Waals surface area contributed by atoms with Crippen molar-refractivity contribution in [1.29, 1.82) is 5.26 Å². The lowest BCUT2D eigenvalue weighted by atomic mass is 9.69. The van der Waals surface area contributed by atoms with Crippen molar-refractivity contribution < 1.29 is 22.7 Å². The fourth-order valence-electron chi connectivity index (χ4n) is 3.60. The van der Waals surface area contributed by atoms with Crippen LogP contribution in [0.1, 0.15) is 43.7 Å². The van der Waals surface area contributed by atoms with E-state index in [9.17, 15) is 23.2 Å². The first kappa shape index (κ1) is 18.1. The Kier molecular flexibility index (Phi) is 4.10. The number of nitrogens with two attached hydrogens (primary N) is 1. The van der Waals surface area contributed by atoms with Gasteiger partial charge in [0.1, 0.15) is 17.4 Å². The molecule has 1 aromatic carbocycles. The lowest BCUT2D eigenvalue weighted by Crippen LogP contribution is -2.34. The SMILES string of the molecule is CC1(C)CC(=O)C2=C(C1)OC(N)=C(C#N)[C@@H]2c1ccccc1C(F)(F)F. The molecule has 0 fully saturated rings. The quantitative estimate of drug-likeness (QED) is 0.814. The van der Waals surface area contributed by atoms with Gasteiger partial charge in [-0.2, -0.15) is 18.4 Å². The summed E-state index contributed by atoms with van der Waals surface area (Å²) in [5.74, 6) is -1.49. The molecule has 0 aromatic heterocycles. The molecule has 2 N–H and O–H groups in total. The minimum absolute atomic E-state index is 0.103. The van der Waals surface area contributed by atoms with E-state index < -0.39 is 23.1 Å². The Balaban J connectivity index is 2.27. The van der Waals surface area contributed by atoms with E-state index in [2.05, 4.69) is 0 Å². The Morgan fingerprint density at radius 3 is 2.54 bits per heavy atom. The van der Waals surface area contributed by atoms with Gasteiger partial charge in [-0.05, 0) is 17.0 Å². The van der Waals surface area contributed by atoms with Gasteiger partial charge in [-0.25, -0.2) is 0 Å². The Bertz CT molecular complexity index is 889. The van der Waals surface area contributed by atoms with Crippen molar-refractivity contribution in [3.63, 3.8) is 0 Å². The number of benzene rings is 1. The third-order valence-electron chi connectivity index (χ3n) is 4.65. The van der Waals surface area contributed by atoms with Gasteiger partial charge in [0.25, 0.3) is 0 Å². The van der Waals surface area contributed by atoms with Gasteiger partial charge in [0.2, 0.25) is 5.88 Å². The predicted octanol–water partition coefficient (Wildman–Crippen LogP) is 4.16. The van der Waals surface area contributed by atoms with E-state index in [0.717, 1.165) is 6.07 Å². The minimum atomic E-state index is -4.62. The molecule has 4 nitrogen and oxygen atoms in total. The van der Waals surface area contributed by atoms with Crippen LogP contribution in [-0.2, 0) is 15.7 Å². The zero-order valence-electron chi connectivity index (χ0n) is 14.3. The zero-order valence-corrected chi connectivity index (χ0v) is 14.3. The normalized spacial score (nSPS) is 22.6. The summed E-state index contributed by atoms with van der Waals surface area (Å²) in [6, 6.07) is 6.76. The molecule has 136 valence electrons. The van der Waals surface area contributed by atoms with Crippen molar-refractivity contribution >= 4 is 5.78 Å². The van der Waals surface area contributed by atoms with Crippen LogP contribution >= 0.6 is 0 Å². The zero-order chi connectivity index (χ0) is 19.3. The molecule has 1 aromatic rings. The maximum atomic E-state index is 13.5. The molecule has 1 atom stereocenters. The van der Waals surface area contributed by atoms with E-state index in [-0.39, 0.29) is 40.6 Å². The third-order valence-corrected chi connectivity index (χ3v) is 4.65. The van der Waals surface area contributed by atoms with Crippen LogP contribution in [0.2, 0.25) is 0 Å². The van der Waals surface area contributed by atoms with Crippen molar-refractivity contribution in [3.05, 3.63) is 58.2 Å². The number of ether oxygens (including phenoxy) is 1. The summed E-state index contributed by atoms with van der Waals surface area (Å²) in [4.78, 5) is 12.8. The molecule has 2 aliphatic rings. The van der Waals surface area contributed by atoms with Crippen LogP contribution in [0.25, 0.3) is 0 Å². The number of nitrogens with zero attached hydrogens (tertiary/aromatic N) is 1. The van der Waals surface area contributed by atoms with E-state index >= 15 is 0 Å². The van der Waals surface area contributed by atoms with Gasteiger partial charge in [-0.15, -0.1) is 0 Å². The van der Waals surface area contributed by atoms with Crippen LogP contribution < -0.4 is 5.73 Å². The van der Waals surface area contributed by atoms with Crippen molar-refractivity contribution in [1.82, 2.24) is 0 Å². The summed E-state index contributed by atoms with van der Waals surface area (Å²) >= 11 is 0.